The molecule has 0 unspecified atom stereocenters. The zero-order chi connectivity index (χ0) is 25.6. The summed E-state index contributed by atoms with van der Waals surface area (Å²) in [5, 5.41) is 3.59. The van der Waals surface area contributed by atoms with Crippen LogP contribution in [-0.2, 0) is 16.0 Å². The first-order chi connectivity index (χ1) is 17.3. The van der Waals surface area contributed by atoms with E-state index in [4.69, 9.17) is 11.6 Å². The van der Waals surface area contributed by atoms with Crippen molar-refractivity contribution in [3.63, 3.8) is 0 Å². The number of imide groups is 1. The minimum Gasteiger partial charge on any atom is -0.295 e. The molecule has 5 rings (SSSR count). The molecule has 36 heavy (non-hydrogen) atoms. The number of carbonyl (C=O) groups is 2. The molecule has 8 heteroatoms. The number of rotatable bonds is 5. The van der Waals surface area contributed by atoms with Crippen LogP contribution >= 0.6 is 11.6 Å². The van der Waals surface area contributed by atoms with E-state index in [1.54, 1.807) is 60.2 Å². The molecule has 7 nitrogen and oxygen atoms in total. The molecule has 3 heterocycles. The summed E-state index contributed by atoms with van der Waals surface area (Å²) in [5.74, 6) is -1.03. The number of halogens is 1. The number of nitrogens with zero attached hydrogens (tertiary/aromatic N) is 3. The predicted octanol–water partition coefficient (Wildman–Crippen LogP) is 4.23. The molecular formula is C28H24ClN4O3+. The van der Waals surface area contributed by atoms with Gasteiger partial charge in [0.05, 0.1) is 16.9 Å². The van der Waals surface area contributed by atoms with E-state index in [1.165, 1.54) is 4.68 Å². The maximum atomic E-state index is 13.9. The van der Waals surface area contributed by atoms with E-state index >= 15 is 0 Å². The van der Waals surface area contributed by atoms with Crippen molar-refractivity contribution in [3.05, 3.63) is 111 Å². The van der Waals surface area contributed by atoms with E-state index in [0.29, 0.717) is 22.1 Å². The molecular weight excluding hydrogens is 476 g/mol. The molecule has 4 aromatic rings. The number of carbonyl (C=O) groups excluding carboxylic acids is 2. The molecule has 0 saturated carbocycles. The van der Waals surface area contributed by atoms with Crippen LogP contribution in [0.4, 0.5) is 5.69 Å². The standard InChI is InChI=1S/C28H23ClN4O3/c1-4-19-8-6-14-31(16-19)25-24(26(34)32(28(25)36)22-9-5-7-17(2)15-22)23-18(3)30-33(27(23)35)21-12-10-20(29)11-13-21/h5-16H,4H2,1-3H3/p+1. The van der Waals surface area contributed by atoms with Crippen molar-refractivity contribution in [2.24, 2.45) is 0 Å². The fourth-order valence-corrected chi connectivity index (χ4v) is 4.60. The first kappa shape index (κ1) is 23.5. The number of aromatic amines is 1. The fourth-order valence-electron chi connectivity index (χ4n) is 4.47. The maximum absolute atomic E-state index is 13.9. The number of pyridine rings is 1. The van der Waals surface area contributed by atoms with Crippen molar-refractivity contribution in [1.82, 2.24) is 9.78 Å². The van der Waals surface area contributed by atoms with E-state index in [9.17, 15) is 14.4 Å². The Labute approximate surface area is 212 Å². The monoisotopic (exact) mass is 499 g/mol. The highest BCUT2D eigenvalue weighted by molar-refractivity contribution is 6.53. The van der Waals surface area contributed by atoms with E-state index < -0.39 is 17.4 Å². The molecule has 1 aliphatic rings. The van der Waals surface area contributed by atoms with Gasteiger partial charge in [-0.05, 0) is 68.3 Å². The summed E-state index contributed by atoms with van der Waals surface area (Å²) in [5.41, 5.74) is 3.32. The normalized spacial score (nSPS) is 13.7. The smallest absolute Gasteiger partial charge is 0.295 e. The minimum absolute atomic E-state index is 0.0613. The summed E-state index contributed by atoms with van der Waals surface area (Å²) in [4.78, 5) is 42.6. The third kappa shape index (κ3) is 3.87. The lowest BCUT2D eigenvalue weighted by molar-refractivity contribution is -0.577. The third-order valence-electron chi connectivity index (χ3n) is 6.25. The molecule has 0 atom stereocenters. The van der Waals surface area contributed by atoms with Crippen LogP contribution in [0, 0.1) is 13.8 Å². The van der Waals surface area contributed by atoms with Crippen molar-refractivity contribution in [1.29, 1.82) is 0 Å². The summed E-state index contributed by atoms with van der Waals surface area (Å²) in [6.45, 7) is 5.62. The van der Waals surface area contributed by atoms with Crippen molar-refractivity contribution in [2.75, 3.05) is 4.90 Å². The average molecular weight is 500 g/mol. The predicted molar refractivity (Wildman–Crippen MR) is 139 cm³/mol. The first-order valence-corrected chi connectivity index (χ1v) is 12.0. The number of H-pyrrole nitrogens is 1. The highest BCUT2D eigenvalue weighted by Gasteiger charge is 2.48. The highest BCUT2D eigenvalue weighted by atomic mass is 35.5. The molecule has 0 bridgehead atoms. The van der Waals surface area contributed by atoms with Gasteiger partial charge in [0.25, 0.3) is 17.2 Å². The molecule has 1 N–H and O–H groups in total. The molecule has 2 amide bonds. The van der Waals surface area contributed by atoms with Gasteiger partial charge in [-0.25, -0.2) is 9.58 Å². The van der Waals surface area contributed by atoms with Crippen molar-refractivity contribution in [2.45, 2.75) is 27.2 Å². The number of aryl methyl sites for hydroxylation is 3. The van der Waals surface area contributed by atoms with Crippen LogP contribution < -0.4 is 15.0 Å². The Bertz CT molecular complexity index is 1610. The van der Waals surface area contributed by atoms with Crippen LogP contribution in [0.5, 0.6) is 0 Å². The van der Waals surface area contributed by atoms with Gasteiger partial charge in [-0.2, -0.15) is 4.57 Å². The first-order valence-electron chi connectivity index (χ1n) is 11.6. The Hall–Kier alpha value is -4.23. The zero-order valence-corrected chi connectivity index (χ0v) is 20.8. The number of hydrogen-bond acceptors (Lipinski definition) is 3. The molecule has 0 fully saturated rings. The van der Waals surface area contributed by atoms with Crippen LogP contribution in [0.2, 0.25) is 5.02 Å². The Morgan fingerprint density at radius 3 is 2.36 bits per heavy atom. The zero-order valence-electron chi connectivity index (χ0n) is 20.1. The molecule has 180 valence electrons. The Morgan fingerprint density at radius 1 is 0.917 bits per heavy atom. The summed E-state index contributed by atoms with van der Waals surface area (Å²) >= 11 is 6.02. The molecule has 2 aromatic heterocycles. The SMILES string of the molecule is CCc1ccc[n+](C2=C(c3c(C)[nH]n(-c4ccc(Cl)cc4)c3=O)C(=O)N(c3cccc(C)c3)C2=O)c1. The van der Waals surface area contributed by atoms with Crippen molar-refractivity contribution < 1.29 is 14.2 Å². The lowest BCUT2D eigenvalue weighted by atomic mass is 10.1. The van der Waals surface area contributed by atoms with Gasteiger partial charge in [0.2, 0.25) is 0 Å². The quantitative estimate of drug-likeness (QED) is 0.330. The Balaban J connectivity index is 1.76. The largest absolute Gasteiger partial charge is 0.331 e. The van der Waals surface area contributed by atoms with Gasteiger partial charge in [0, 0.05) is 22.3 Å². The van der Waals surface area contributed by atoms with Crippen molar-refractivity contribution in [3.8, 4) is 5.69 Å². The second-order valence-corrected chi connectivity index (χ2v) is 9.15. The lowest BCUT2D eigenvalue weighted by Crippen LogP contribution is -2.40. The minimum atomic E-state index is -0.544. The van der Waals surface area contributed by atoms with Gasteiger partial charge in [-0.15, -0.1) is 0 Å². The number of anilines is 1. The van der Waals surface area contributed by atoms with Crippen LogP contribution in [0.1, 0.15) is 29.3 Å². The molecule has 1 aliphatic heterocycles. The number of nitrogens with one attached hydrogen (secondary N) is 1. The van der Waals surface area contributed by atoms with Gasteiger partial charge in [0.15, 0.2) is 12.4 Å². The fraction of sp³-hybridized carbons (Fsp3) is 0.143. The number of amides is 2. The van der Waals surface area contributed by atoms with E-state index in [2.05, 4.69) is 5.10 Å². The highest BCUT2D eigenvalue weighted by Crippen LogP contribution is 2.33. The molecule has 0 aliphatic carbocycles. The van der Waals surface area contributed by atoms with Gasteiger partial charge in [-0.3, -0.25) is 19.5 Å². The van der Waals surface area contributed by atoms with E-state index in [-0.39, 0.29) is 16.8 Å². The number of hydrogen-bond donors (Lipinski definition) is 1. The van der Waals surface area contributed by atoms with Gasteiger partial charge in [-0.1, -0.05) is 30.7 Å². The third-order valence-corrected chi connectivity index (χ3v) is 6.51. The lowest BCUT2D eigenvalue weighted by Gasteiger charge is -2.14. The van der Waals surface area contributed by atoms with E-state index in [0.717, 1.165) is 22.4 Å². The van der Waals surface area contributed by atoms with Gasteiger partial charge < -0.3 is 0 Å². The molecule has 0 spiro atoms. The van der Waals surface area contributed by atoms with Gasteiger partial charge in [0.1, 0.15) is 5.57 Å². The Morgan fingerprint density at radius 2 is 1.67 bits per heavy atom. The summed E-state index contributed by atoms with van der Waals surface area (Å²) in [7, 11) is 0. The topological polar surface area (TPSA) is 79.1 Å². The van der Waals surface area contributed by atoms with Crippen LogP contribution in [0.15, 0.2) is 77.9 Å². The molecule has 0 saturated heterocycles. The van der Waals surface area contributed by atoms with Crippen LogP contribution in [0.25, 0.3) is 17.0 Å². The number of benzene rings is 2. The average Bonchev–Trinajstić information content (AvgIpc) is 3.30. The molecule has 0 radical (unpaired) electrons. The van der Waals surface area contributed by atoms with Gasteiger partial charge >= 0.3 is 5.91 Å². The van der Waals surface area contributed by atoms with Crippen molar-refractivity contribution >= 4 is 40.4 Å². The summed E-state index contributed by atoms with van der Waals surface area (Å²) in [6, 6.07) is 17.7. The Kier molecular flexibility index (Phi) is 5.94. The van der Waals surface area contributed by atoms with Crippen LogP contribution in [-0.4, -0.2) is 21.6 Å². The number of aromatic nitrogens is 3. The van der Waals surface area contributed by atoms with Crippen LogP contribution in [0.3, 0.4) is 0 Å². The van der Waals surface area contributed by atoms with E-state index in [1.807, 2.05) is 38.2 Å². The maximum Gasteiger partial charge on any atom is 0.331 e. The molecule has 2 aromatic carbocycles. The summed E-state index contributed by atoms with van der Waals surface area (Å²) < 4.78 is 2.99. The second kappa shape index (κ2) is 9.09. The second-order valence-electron chi connectivity index (χ2n) is 8.71. The summed E-state index contributed by atoms with van der Waals surface area (Å²) in [6.07, 6.45) is 4.29.